The van der Waals surface area contributed by atoms with Crippen molar-refractivity contribution in [3.63, 3.8) is 0 Å². The number of carbonyl (C=O) groups excluding carboxylic acids is 2. The molecule has 0 atom stereocenters. The van der Waals surface area contributed by atoms with Gasteiger partial charge in [-0.05, 0) is 32.7 Å². The molecular formula is C21H33N5O3. The highest BCUT2D eigenvalue weighted by Crippen LogP contribution is 2.42. The third-order valence-corrected chi connectivity index (χ3v) is 7.11. The quantitative estimate of drug-likeness (QED) is 0.797. The molecule has 0 unspecified atom stereocenters. The number of aromatic amines is 1. The van der Waals surface area contributed by atoms with Gasteiger partial charge in [0.05, 0.1) is 24.1 Å². The predicted molar refractivity (Wildman–Crippen MR) is 108 cm³/mol. The molecule has 1 saturated heterocycles. The van der Waals surface area contributed by atoms with Gasteiger partial charge in [0.2, 0.25) is 11.8 Å². The molecule has 4 rings (SSSR count). The lowest BCUT2D eigenvalue weighted by Crippen LogP contribution is -2.60. The Hall–Kier alpha value is -1.93. The summed E-state index contributed by atoms with van der Waals surface area (Å²) >= 11 is 0. The van der Waals surface area contributed by atoms with Crippen molar-refractivity contribution in [2.24, 2.45) is 0 Å². The molecule has 3 aliphatic rings. The summed E-state index contributed by atoms with van der Waals surface area (Å²) in [7, 11) is 3.62. The number of likely N-dealkylation sites (N-methyl/N-ethyl adjacent to an activating group) is 1. The molecule has 2 fully saturated rings. The minimum atomic E-state index is -0.433. The van der Waals surface area contributed by atoms with Gasteiger partial charge in [-0.2, -0.15) is 0 Å². The molecule has 1 spiro atoms. The molecule has 29 heavy (non-hydrogen) atoms. The van der Waals surface area contributed by atoms with Crippen molar-refractivity contribution in [1.82, 2.24) is 24.7 Å². The van der Waals surface area contributed by atoms with Crippen LogP contribution in [0.15, 0.2) is 6.33 Å². The van der Waals surface area contributed by atoms with Crippen LogP contribution in [0.3, 0.4) is 0 Å². The van der Waals surface area contributed by atoms with Gasteiger partial charge in [-0.1, -0.05) is 12.8 Å². The number of amides is 2. The number of fused-ring (bicyclic) bond motifs is 2. The maximum atomic E-state index is 12.9. The molecule has 2 amide bonds. The average molecular weight is 404 g/mol. The molecule has 1 aromatic rings. The molecule has 1 aliphatic carbocycles. The Kier molecular flexibility index (Phi) is 5.92. The van der Waals surface area contributed by atoms with Gasteiger partial charge < -0.3 is 19.5 Å². The van der Waals surface area contributed by atoms with Gasteiger partial charge in [-0.3, -0.25) is 14.5 Å². The van der Waals surface area contributed by atoms with Crippen molar-refractivity contribution in [3.8, 4) is 0 Å². The Labute approximate surface area is 172 Å². The molecule has 2 aliphatic heterocycles. The summed E-state index contributed by atoms with van der Waals surface area (Å²) in [6, 6.07) is 0.544. The molecule has 0 bridgehead atoms. The number of likely N-dealkylation sites (tertiary alicyclic amines) is 1. The summed E-state index contributed by atoms with van der Waals surface area (Å²) in [5, 5.41) is 0. The maximum Gasteiger partial charge on any atom is 0.249 e. The fourth-order valence-electron chi connectivity index (χ4n) is 5.46. The van der Waals surface area contributed by atoms with Crippen molar-refractivity contribution in [3.05, 3.63) is 17.7 Å². The molecule has 1 aromatic heterocycles. The molecular weight excluding hydrogens is 370 g/mol. The summed E-state index contributed by atoms with van der Waals surface area (Å²) in [5.41, 5.74) is 1.66. The monoisotopic (exact) mass is 403 g/mol. The Balaban J connectivity index is 1.45. The second-order valence-corrected chi connectivity index (χ2v) is 8.72. The van der Waals surface area contributed by atoms with E-state index in [9.17, 15) is 9.59 Å². The van der Waals surface area contributed by atoms with Crippen molar-refractivity contribution < 1.29 is 14.3 Å². The van der Waals surface area contributed by atoms with E-state index in [1.165, 1.54) is 25.7 Å². The average Bonchev–Trinajstić information content (AvgIpc) is 3.41. The van der Waals surface area contributed by atoms with Crippen LogP contribution in [0, 0.1) is 0 Å². The van der Waals surface area contributed by atoms with E-state index in [1.807, 2.05) is 9.80 Å². The van der Waals surface area contributed by atoms with E-state index in [-0.39, 0.29) is 18.4 Å². The van der Waals surface area contributed by atoms with E-state index in [1.54, 1.807) is 13.4 Å². The minimum absolute atomic E-state index is 0.00175. The van der Waals surface area contributed by atoms with Crippen molar-refractivity contribution in [1.29, 1.82) is 0 Å². The predicted octanol–water partition coefficient (Wildman–Crippen LogP) is 1.13. The van der Waals surface area contributed by atoms with Crippen LogP contribution in [-0.4, -0.2) is 89.5 Å². The van der Waals surface area contributed by atoms with E-state index in [0.717, 1.165) is 30.7 Å². The topological polar surface area (TPSA) is 81.8 Å². The van der Waals surface area contributed by atoms with Crippen LogP contribution in [0.1, 0.15) is 49.9 Å². The van der Waals surface area contributed by atoms with Gasteiger partial charge in [0.15, 0.2) is 0 Å². The maximum absolute atomic E-state index is 12.9. The van der Waals surface area contributed by atoms with E-state index in [0.29, 0.717) is 32.2 Å². The van der Waals surface area contributed by atoms with E-state index in [2.05, 4.69) is 21.9 Å². The van der Waals surface area contributed by atoms with Crippen LogP contribution < -0.4 is 0 Å². The van der Waals surface area contributed by atoms with Gasteiger partial charge in [-0.15, -0.1) is 0 Å². The van der Waals surface area contributed by atoms with Crippen molar-refractivity contribution in [2.45, 2.75) is 56.5 Å². The number of aromatic nitrogens is 2. The molecule has 0 aromatic carbocycles. The van der Waals surface area contributed by atoms with Crippen LogP contribution in [-0.2, 0) is 26.3 Å². The minimum Gasteiger partial charge on any atom is -0.375 e. The number of H-pyrrole nitrogens is 1. The second-order valence-electron chi connectivity index (χ2n) is 8.72. The van der Waals surface area contributed by atoms with Crippen LogP contribution in [0.5, 0.6) is 0 Å². The number of hydrogen-bond donors (Lipinski definition) is 1. The van der Waals surface area contributed by atoms with Crippen LogP contribution in [0.25, 0.3) is 0 Å². The highest BCUT2D eigenvalue weighted by molar-refractivity contribution is 5.80. The summed E-state index contributed by atoms with van der Waals surface area (Å²) in [4.78, 5) is 39.7. The number of rotatable bonds is 5. The zero-order chi connectivity index (χ0) is 20.4. The van der Waals surface area contributed by atoms with Gasteiger partial charge in [-0.25, -0.2) is 4.98 Å². The van der Waals surface area contributed by atoms with Gasteiger partial charge in [0.1, 0.15) is 6.61 Å². The first-order valence-corrected chi connectivity index (χ1v) is 10.9. The first-order chi connectivity index (χ1) is 14.0. The number of nitrogens with zero attached hydrogens (tertiary/aromatic N) is 4. The number of ether oxygens (including phenoxy) is 1. The fraction of sp³-hybridized carbons (Fsp3) is 0.762. The highest BCUT2D eigenvalue weighted by atomic mass is 16.5. The summed E-state index contributed by atoms with van der Waals surface area (Å²) < 4.78 is 5.12. The SMILES string of the molecule is COCC(=O)N1CCc2[nH]cnc2C12CCN(C(=O)CN(C)C1CCCC1)CC2. The number of methoxy groups -OCH3 is 1. The highest BCUT2D eigenvalue weighted by Gasteiger charge is 2.49. The standard InChI is InChI=1S/C21H33N5O3/c1-24(16-5-3-4-6-16)13-18(27)25-11-8-21(9-12-25)20-17(22-15-23-20)7-10-26(21)19(28)14-29-2/h15-16H,3-14H2,1-2H3,(H,22,23). The van der Waals surface area contributed by atoms with Crippen molar-refractivity contribution >= 4 is 11.8 Å². The number of hydrogen-bond acceptors (Lipinski definition) is 5. The third-order valence-electron chi connectivity index (χ3n) is 7.11. The number of nitrogens with one attached hydrogen (secondary N) is 1. The smallest absolute Gasteiger partial charge is 0.249 e. The Morgan fingerprint density at radius 2 is 1.97 bits per heavy atom. The van der Waals surface area contributed by atoms with Gasteiger partial charge in [0, 0.05) is 44.9 Å². The lowest BCUT2D eigenvalue weighted by molar-refractivity contribution is -0.148. The largest absolute Gasteiger partial charge is 0.375 e. The number of carbonyl (C=O) groups is 2. The molecule has 0 radical (unpaired) electrons. The fourth-order valence-corrected chi connectivity index (χ4v) is 5.46. The normalized spacial score (nSPS) is 21.8. The Morgan fingerprint density at radius 1 is 1.24 bits per heavy atom. The molecule has 1 N–H and O–H groups in total. The van der Waals surface area contributed by atoms with Crippen LogP contribution in [0.4, 0.5) is 0 Å². The van der Waals surface area contributed by atoms with Crippen LogP contribution >= 0.6 is 0 Å². The van der Waals surface area contributed by atoms with E-state index in [4.69, 9.17) is 4.74 Å². The molecule has 1 saturated carbocycles. The van der Waals surface area contributed by atoms with Gasteiger partial charge in [0.25, 0.3) is 0 Å². The van der Waals surface area contributed by atoms with Gasteiger partial charge >= 0.3 is 0 Å². The zero-order valence-corrected chi connectivity index (χ0v) is 17.7. The summed E-state index contributed by atoms with van der Waals surface area (Å²) in [6.07, 6.45) is 8.89. The third kappa shape index (κ3) is 3.80. The molecule has 8 heteroatoms. The first kappa shape index (κ1) is 20.3. The Morgan fingerprint density at radius 3 is 2.66 bits per heavy atom. The van der Waals surface area contributed by atoms with E-state index >= 15 is 0 Å². The van der Waals surface area contributed by atoms with Crippen LogP contribution in [0.2, 0.25) is 0 Å². The second kappa shape index (κ2) is 8.44. The van der Waals surface area contributed by atoms with Crippen molar-refractivity contribution in [2.75, 3.05) is 46.9 Å². The summed E-state index contributed by atoms with van der Waals surface area (Å²) in [5.74, 6) is 0.198. The molecule has 160 valence electrons. The Bertz CT molecular complexity index is 734. The molecule has 8 nitrogen and oxygen atoms in total. The first-order valence-electron chi connectivity index (χ1n) is 10.9. The lowest BCUT2D eigenvalue weighted by Gasteiger charge is -2.50. The summed E-state index contributed by atoms with van der Waals surface area (Å²) in [6.45, 7) is 2.53. The lowest BCUT2D eigenvalue weighted by atomic mass is 9.78. The molecule has 3 heterocycles. The number of piperidine rings is 1. The number of imidazole rings is 1. The zero-order valence-electron chi connectivity index (χ0n) is 17.7. The van der Waals surface area contributed by atoms with E-state index < -0.39 is 5.54 Å².